The number of nitrogens with zero attached hydrogens (tertiary/aromatic N) is 1. The smallest absolute Gasteiger partial charge is 0.313 e. The Morgan fingerprint density at radius 3 is 2.27 bits per heavy atom. The van der Waals surface area contributed by atoms with Crippen molar-refractivity contribution in [3.8, 4) is 11.1 Å². The van der Waals surface area contributed by atoms with Crippen LogP contribution in [0.4, 0.5) is 0 Å². The number of aliphatic hydroxyl groups is 1. The molecule has 1 unspecified atom stereocenters. The average molecular weight is 448 g/mol. The maximum atomic E-state index is 12.2. The van der Waals surface area contributed by atoms with Gasteiger partial charge in [-0.1, -0.05) is 75.6 Å². The summed E-state index contributed by atoms with van der Waals surface area (Å²) >= 11 is 0. The number of hydrogen-bond acceptors (Lipinski definition) is 5. The van der Waals surface area contributed by atoms with Crippen molar-refractivity contribution in [2.24, 2.45) is 0 Å². The van der Waals surface area contributed by atoms with Crippen LogP contribution in [0.5, 0.6) is 0 Å². The zero-order valence-electron chi connectivity index (χ0n) is 19.9. The predicted octanol–water partition coefficient (Wildman–Crippen LogP) is 5.83. The van der Waals surface area contributed by atoms with Crippen LogP contribution in [0.15, 0.2) is 49.6 Å². The first-order valence-corrected chi connectivity index (χ1v) is 11.1. The molecule has 0 aliphatic heterocycles. The molecule has 1 aromatic carbocycles. The van der Waals surface area contributed by atoms with Crippen molar-refractivity contribution in [1.29, 1.82) is 0 Å². The van der Waals surface area contributed by atoms with Gasteiger partial charge in [0.15, 0.2) is 0 Å². The number of rotatable bonds is 11. The molecule has 1 heterocycles. The zero-order valence-corrected chi connectivity index (χ0v) is 19.9. The average Bonchev–Trinajstić information content (AvgIpc) is 2.76. The SMILES string of the molecule is C=Cc1nc(C(C)C)c(/C=C/C(O)CC(=O)CC(=O)OC(C)C)c(-c2ccccc2)c1C=C. The number of hydrogen-bond donors (Lipinski definition) is 1. The Morgan fingerprint density at radius 2 is 1.73 bits per heavy atom. The number of aromatic nitrogens is 1. The molecule has 2 aromatic rings. The molecule has 0 saturated heterocycles. The van der Waals surface area contributed by atoms with Gasteiger partial charge in [-0.05, 0) is 31.4 Å². The maximum Gasteiger partial charge on any atom is 0.313 e. The normalized spacial score (nSPS) is 12.2. The number of esters is 1. The van der Waals surface area contributed by atoms with E-state index in [9.17, 15) is 14.7 Å². The van der Waals surface area contributed by atoms with E-state index in [0.717, 1.165) is 33.6 Å². The molecule has 5 nitrogen and oxygen atoms in total. The number of carbonyl (C=O) groups is 2. The number of pyridine rings is 1. The zero-order chi connectivity index (χ0) is 24.5. The van der Waals surface area contributed by atoms with Gasteiger partial charge in [-0.2, -0.15) is 0 Å². The second kappa shape index (κ2) is 12.1. The second-order valence-electron chi connectivity index (χ2n) is 8.40. The lowest BCUT2D eigenvalue weighted by Crippen LogP contribution is -2.18. The van der Waals surface area contributed by atoms with Crippen LogP contribution < -0.4 is 0 Å². The van der Waals surface area contributed by atoms with E-state index in [2.05, 4.69) is 27.0 Å². The molecular formula is C28H33NO4. The first-order valence-electron chi connectivity index (χ1n) is 11.1. The summed E-state index contributed by atoms with van der Waals surface area (Å²) in [6.45, 7) is 15.4. The molecule has 0 saturated carbocycles. The van der Waals surface area contributed by atoms with Gasteiger partial charge in [-0.3, -0.25) is 14.6 Å². The van der Waals surface area contributed by atoms with E-state index < -0.39 is 12.1 Å². The van der Waals surface area contributed by atoms with Gasteiger partial charge in [0, 0.05) is 23.1 Å². The summed E-state index contributed by atoms with van der Waals surface area (Å²) in [6.07, 6.45) is 4.99. The third kappa shape index (κ3) is 7.09. The fourth-order valence-electron chi connectivity index (χ4n) is 3.58. The minimum atomic E-state index is -1.04. The van der Waals surface area contributed by atoms with Gasteiger partial charge in [0.05, 0.1) is 23.6 Å². The number of Topliss-reactive ketones (excluding diaryl/α,β-unsaturated/α-hetero) is 1. The fourth-order valence-corrected chi connectivity index (χ4v) is 3.58. The van der Waals surface area contributed by atoms with Crippen molar-refractivity contribution in [3.05, 3.63) is 72.1 Å². The molecule has 0 aliphatic carbocycles. The Balaban J connectivity index is 2.45. The fraction of sp³-hybridized carbons (Fsp3) is 0.321. The van der Waals surface area contributed by atoms with Crippen LogP contribution >= 0.6 is 0 Å². The second-order valence-corrected chi connectivity index (χ2v) is 8.40. The van der Waals surface area contributed by atoms with Gasteiger partial charge in [-0.15, -0.1) is 0 Å². The van der Waals surface area contributed by atoms with Crippen molar-refractivity contribution >= 4 is 30.0 Å². The third-order valence-corrected chi connectivity index (χ3v) is 4.97. The molecule has 5 heteroatoms. The van der Waals surface area contributed by atoms with Crippen LogP contribution in [-0.2, 0) is 14.3 Å². The van der Waals surface area contributed by atoms with E-state index in [1.807, 2.05) is 30.3 Å². The molecule has 0 amide bonds. The summed E-state index contributed by atoms with van der Waals surface area (Å²) in [7, 11) is 0. The monoisotopic (exact) mass is 447 g/mol. The van der Waals surface area contributed by atoms with Crippen molar-refractivity contribution < 1.29 is 19.4 Å². The molecule has 33 heavy (non-hydrogen) atoms. The molecule has 0 spiro atoms. The van der Waals surface area contributed by atoms with E-state index in [0.29, 0.717) is 0 Å². The Hall–Kier alpha value is -3.31. The third-order valence-electron chi connectivity index (χ3n) is 4.97. The van der Waals surface area contributed by atoms with E-state index >= 15 is 0 Å². The first kappa shape index (κ1) is 25.9. The lowest BCUT2D eigenvalue weighted by atomic mass is 9.88. The topological polar surface area (TPSA) is 76.5 Å². The highest BCUT2D eigenvalue weighted by Gasteiger charge is 2.20. The van der Waals surface area contributed by atoms with Gasteiger partial charge in [0.2, 0.25) is 0 Å². The Morgan fingerprint density at radius 1 is 1.06 bits per heavy atom. The predicted molar refractivity (Wildman–Crippen MR) is 134 cm³/mol. The highest BCUT2D eigenvalue weighted by atomic mass is 16.5. The highest BCUT2D eigenvalue weighted by Crippen LogP contribution is 2.36. The molecule has 0 bridgehead atoms. The van der Waals surface area contributed by atoms with E-state index in [1.165, 1.54) is 0 Å². The molecule has 1 N–H and O–H groups in total. The van der Waals surface area contributed by atoms with Crippen LogP contribution in [0.25, 0.3) is 29.4 Å². The van der Waals surface area contributed by atoms with Crippen molar-refractivity contribution in [3.63, 3.8) is 0 Å². The molecule has 2 rings (SSSR count). The van der Waals surface area contributed by atoms with Crippen LogP contribution in [0, 0.1) is 0 Å². The number of ether oxygens (including phenoxy) is 1. The first-order chi connectivity index (χ1) is 15.7. The molecule has 0 fully saturated rings. The van der Waals surface area contributed by atoms with Gasteiger partial charge in [-0.25, -0.2) is 0 Å². The van der Waals surface area contributed by atoms with Crippen molar-refractivity contribution in [2.75, 3.05) is 0 Å². The molecule has 0 radical (unpaired) electrons. The summed E-state index contributed by atoms with van der Waals surface area (Å²) in [6, 6.07) is 9.89. The summed E-state index contributed by atoms with van der Waals surface area (Å²) < 4.78 is 5.00. The summed E-state index contributed by atoms with van der Waals surface area (Å²) in [4.78, 5) is 28.7. The molecular weight excluding hydrogens is 414 g/mol. The summed E-state index contributed by atoms with van der Waals surface area (Å²) in [5.74, 6) is -0.856. The molecule has 1 atom stereocenters. The quantitative estimate of drug-likeness (QED) is 0.346. The van der Waals surface area contributed by atoms with E-state index in [-0.39, 0.29) is 30.6 Å². The van der Waals surface area contributed by atoms with Gasteiger partial charge >= 0.3 is 5.97 Å². The van der Waals surface area contributed by atoms with Crippen LogP contribution in [0.1, 0.15) is 69.0 Å². The standard InChI is InChI=1S/C28H33NO4/c1-7-23-25(8-2)29-28(18(3)4)24(27(23)20-12-10-9-11-13-20)15-14-21(30)16-22(31)17-26(32)33-19(5)6/h7-15,18-19,21,30H,1-2,16-17H2,3-6H3/b15-14+. The van der Waals surface area contributed by atoms with Crippen LogP contribution in [0.2, 0.25) is 0 Å². The minimum absolute atomic E-state index is 0.106. The van der Waals surface area contributed by atoms with Gasteiger partial charge in [0.25, 0.3) is 0 Å². The number of aliphatic hydroxyl groups excluding tert-OH is 1. The largest absolute Gasteiger partial charge is 0.463 e. The Kier molecular flexibility index (Phi) is 9.49. The lowest BCUT2D eigenvalue weighted by molar-refractivity contribution is -0.149. The Labute approximate surface area is 196 Å². The number of benzene rings is 1. The Bertz CT molecular complexity index is 1040. The van der Waals surface area contributed by atoms with Gasteiger partial charge < -0.3 is 9.84 Å². The van der Waals surface area contributed by atoms with Crippen LogP contribution in [0.3, 0.4) is 0 Å². The van der Waals surface area contributed by atoms with Gasteiger partial charge in [0.1, 0.15) is 12.2 Å². The van der Waals surface area contributed by atoms with E-state index in [1.54, 1.807) is 38.2 Å². The minimum Gasteiger partial charge on any atom is -0.463 e. The number of ketones is 1. The maximum absolute atomic E-state index is 12.2. The van der Waals surface area contributed by atoms with Crippen molar-refractivity contribution in [1.82, 2.24) is 4.98 Å². The lowest BCUT2D eigenvalue weighted by Gasteiger charge is -2.19. The van der Waals surface area contributed by atoms with Crippen molar-refractivity contribution in [2.45, 2.75) is 58.7 Å². The molecule has 174 valence electrons. The van der Waals surface area contributed by atoms with E-state index in [4.69, 9.17) is 9.72 Å². The molecule has 0 aliphatic rings. The summed E-state index contributed by atoms with van der Waals surface area (Å²) in [5.41, 5.74) is 5.22. The summed E-state index contributed by atoms with van der Waals surface area (Å²) in [5, 5.41) is 10.5. The highest BCUT2D eigenvalue weighted by molar-refractivity contribution is 5.96. The van der Waals surface area contributed by atoms with Crippen LogP contribution in [-0.4, -0.2) is 34.1 Å². The number of carbonyl (C=O) groups excluding carboxylic acids is 2. The molecule has 1 aromatic heterocycles.